The number of piperidine rings is 3. The van der Waals surface area contributed by atoms with Crippen molar-refractivity contribution in [2.75, 3.05) is 38.7 Å². The Balaban J connectivity index is 1.11. The first-order chi connectivity index (χ1) is 27.0. The van der Waals surface area contributed by atoms with Crippen LogP contribution in [0.3, 0.4) is 0 Å². The first kappa shape index (κ1) is 39.4. The molecule has 296 valence electrons. The van der Waals surface area contributed by atoms with E-state index in [2.05, 4.69) is 10.2 Å². The molecule has 3 aliphatic heterocycles. The van der Waals surface area contributed by atoms with Crippen LogP contribution in [0.25, 0.3) is 0 Å². The largest absolute Gasteiger partial charge is 0.619 e. The van der Waals surface area contributed by atoms with Crippen LogP contribution in [0.15, 0.2) is 79.1 Å². The number of aromatic nitrogens is 1. The molecule has 4 aliphatic rings. The number of carbonyl (C=O) groups excluding carboxylic acids is 2. The van der Waals surface area contributed by atoms with Crippen LogP contribution in [0.2, 0.25) is 10.0 Å². The van der Waals surface area contributed by atoms with Gasteiger partial charge < -0.3 is 34.2 Å². The lowest BCUT2D eigenvalue weighted by atomic mass is 9.86. The van der Waals surface area contributed by atoms with Gasteiger partial charge in [-0.25, -0.2) is 9.59 Å². The van der Waals surface area contributed by atoms with Crippen molar-refractivity contribution in [1.29, 1.82) is 0 Å². The minimum absolute atomic E-state index is 0.0466. The van der Waals surface area contributed by atoms with E-state index >= 15 is 0 Å². The number of benzene rings is 3. The smallest absolute Gasteiger partial charge is 0.387 e. The third-order valence-corrected chi connectivity index (χ3v) is 11.1. The molecule has 2 bridgehead atoms. The van der Waals surface area contributed by atoms with E-state index < -0.39 is 30.7 Å². The van der Waals surface area contributed by atoms with Gasteiger partial charge in [0.25, 0.3) is 0 Å². The number of pyridine rings is 1. The number of nitrogens with one attached hydrogen (secondary N) is 1. The SMILES string of the molecule is COc1ccc(C(Nc2ccc(C(=O)O[C@@H](Cc3c(Cl)c[n+]([O-])cc3Cl)c3ccc(OC(F)F)c(OCC4CC4)c3)cc2)C(=O)O[C@H]2CN3CCC2CC3)cc1. The van der Waals surface area contributed by atoms with E-state index in [9.17, 15) is 23.6 Å². The van der Waals surface area contributed by atoms with Crippen LogP contribution >= 0.6 is 23.2 Å². The lowest BCUT2D eigenvalue weighted by Crippen LogP contribution is -2.52. The van der Waals surface area contributed by atoms with Crippen LogP contribution in [-0.2, 0) is 20.7 Å². The Hall–Kier alpha value is -4.85. The predicted octanol–water partition coefficient (Wildman–Crippen LogP) is 7.96. The zero-order chi connectivity index (χ0) is 39.3. The van der Waals surface area contributed by atoms with Gasteiger partial charge in [-0.15, -0.1) is 0 Å². The monoisotopic (exact) mass is 811 g/mol. The fourth-order valence-electron chi connectivity index (χ4n) is 7.06. The standard InChI is InChI=1S/C41H41Cl2F2N3O8/c1-52-30-11-6-26(7-12-30)38(40(50)55-37-22-47-16-14-25(37)15-17-47)46-29-9-4-27(5-10-29)39(49)54-35(19-31-32(42)20-48(51)21-33(31)43)28-8-13-34(56-41(44)45)36(18-28)53-23-24-2-3-24/h4-13,18,20-21,24-25,35,37-38,41,46H,2-3,14-17,19,22-23H2,1H3/t35-,37-,38?/m0/s1. The summed E-state index contributed by atoms with van der Waals surface area (Å²) in [6, 6.07) is 17.0. The predicted molar refractivity (Wildman–Crippen MR) is 203 cm³/mol. The first-order valence-electron chi connectivity index (χ1n) is 18.5. The van der Waals surface area contributed by atoms with Gasteiger partial charge in [0.05, 0.1) is 19.3 Å². The number of ether oxygens (including phenoxy) is 5. The highest BCUT2D eigenvalue weighted by Gasteiger charge is 2.38. The molecule has 4 heterocycles. The number of anilines is 1. The zero-order valence-corrected chi connectivity index (χ0v) is 32.0. The van der Waals surface area contributed by atoms with E-state index in [1.165, 1.54) is 18.2 Å². The number of halogens is 4. The first-order valence-corrected chi connectivity index (χ1v) is 19.2. The number of hydrogen-bond acceptors (Lipinski definition) is 10. The number of alkyl halides is 2. The molecular weight excluding hydrogens is 771 g/mol. The summed E-state index contributed by atoms with van der Waals surface area (Å²) in [4.78, 5) is 29.9. The van der Waals surface area contributed by atoms with Crippen molar-refractivity contribution in [1.82, 2.24) is 4.90 Å². The zero-order valence-electron chi connectivity index (χ0n) is 30.5. The van der Waals surface area contributed by atoms with E-state index in [1.807, 2.05) is 0 Å². The molecule has 1 unspecified atom stereocenters. The van der Waals surface area contributed by atoms with Crippen LogP contribution in [0.4, 0.5) is 14.5 Å². The van der Waals surface area contributed by atoms with E-state index in [-0.39, 0.29) is 39.6 Å². The van der Waals surface area contributed by atoms with Crippen molar-refractivity contribution in [2.24, 2.45) is 11.8 Å². The summed E-state index contributed by atoms with van der Waals surface area (Å²) in [5, 5.41) is 15.3. The molecule has 11 nitrogen and oxygen atoms in total. The minimum Gasteiger partial charge on any atom is -0.619 e. The second-order valence-corrected chi connectivity index (χ2v) is 15.1. The van der Waals surface area contributed by atoms with Gasteiger partial charge in [0, 0.05) is 24.2 Å². The molecule has 1 aliphatic carbocycles. The summed E-state index contributed by atoms with van der Waals surface area (Å²) in [5.41, 5.74) is 2.13. The maximum Gasteiger partial charge on any atom is 0.387 e. The number of carbonyl (C=O) groups is 2. The Morgan fingerprint density at radius 2 is 1.61 bits per heavy atom. The Morgan fingerprint density at radius 1 is 0.929 bits per heavy atom. The molecule has 0 spiro atoms. The molecule has 1 N–H and O–H groups in total. The van der Waals surface area contributed by atoms with E-state index in [0.717, 1.165) is 51.2 Å². The van der Waals surface area contributed by atoms with Gasteiger partial charge in [0.15, 0.2) is 29.9 Å². The fraction of sp³-hybridized carbons (Fsp3) is 0.390. The molecule has 15 heteroatoms. The fourth-order valence-corrected chi connectivity index (χ4v) is 7.66. The highest BCUT2D eigenvalue weighted by Crippen LogP contribution is 2.38. The molecule has 1 saturated carbocycles. The number of esters is 2. The van der Waals surface area contributed by atoms with Crippen molar-refractivity contribution in [3.63, 3.8) is 0 Å². The maximum absolute atomic E-state index is 13.8. The molecule has 3 aromatic carbocycles. The molecule has 8 rings (SSSR count). The maximum atomic E-state index is 13.8. The minimum atomic E-state index is -3.08. The second kappa shape index (κ2) is 17.5. The summed E-state index contributed by atoms with van der Waals surface area (Å²) in [7, 11) is 1.57. The van der Waals surface area contributed by atoms with E-state index in [0.29, 0.717) is 57.8 Å². The Labute approximate surface area is 332 Å². The Bertz CT molecular complexity index is 1990. The summed E-state index contributed by atoms with van der Waals surface area (Å²) >= 11 is 12.8. The molecule has 3 saturated heterocycles. The van der Waals surface area contributed by atoms with Gasteiger partial charge in [-0.1, -0.05) is 41.4 Å². The second-order valence-electron chi connectivity index (χ2n) is 14.3. The Morgan fingerprint density at radius 3 is 2.21 bits per heavy atom. The summed E-state index contributed by atoms with van der Waals surface area (Å²) in [6.07, 6.45) is 4.88. The molecule has 0 radical (unpaired) electrons. The van der Waals surface area contributed by atoms with Gasteiger partial charge >= 0.3 is 18.6 Å². The van der Waals surface area contributed by atoms with Gasteiger partial charge in [0.1, 0.15) is 28.0 Å². The topological polar surface area (TPSA) is 122 Å². The molecule has 4 fully saturated rings. The summed E-state index contributed by atoms with van der Waals surface area (Å²) < 4.78 is 55.1. The van der Waals surface area contributed by atoms with Crippen LogP contribution in [0, 0.1) is 17.0 Å². The van der Waals surface area contributed by atoms with Gasteiger partial charge in [-0.2, -0.15) is 13.5 Å². The summed E-state index contributed by atoms with van der Waals surface area (Å²) in [5.74, 6) is 0.0553. The van der Waals surface area contributed by atoms with Gasteiger partial charge in [-0.05, 0) is 110 Å². The number of nitrogens with zero attached hydrogens (tertiary/aromatic N) is 2. The van der Waals surface area contributed by atoms with Gasteiger partial charge in [0.2, 0.25) is 0 Å². The molecule has 56 heavy (non-hydrogen) atoms. The van der Waals surface area contributed by atoms with Crippen LogP contribution < -0.4 is 24.3 Å². The van der Waals surface area contributed by atoms with Crippen LogP contribution in [-0.4, -0.2) is 62.9 Å². The number of fused-ring (bicyclic) bond motifs is 3. The van der Waals surface area contributed by atoms with Crippen LogP contribution in [0.5, 0.6) is 17.2 Å². The highest BCUT2D eigenvalue weighted by atomic mass is 35.5. The summed E-state index contributed by atoms with van der Waals surface area (Å²) in [6.45, 7) is -0.0277. The molecular formula is C41H41Cl2F2N3O8. The third-order valence-electron chi connectivity index (χ3n) is 10.4. The van der Waals surface area contributed by atoms with E-state index in [4.69, 9.17) is 46.9 Å². The van der Waals surface area contributed by atoms with Gasteiger partial charge in [-0.3, -0.25) is 4.90 Å². The molecule has 0 amide bonds. The average molecular weight is 813 g/mol. The van der Waals surface area contributed by atoms with Crippen molar-refractivity contribution in [2.45, 2.75) is 57.0 Å². The Kier molecular flexibility index (Phi) is 12.3. The van der Waals surface area contributed by atoms with Crippen molar-refractivity contribution < 1.29 is 46.8 Å². The molecule has 4 aromatic rings. The molecule has 1 aromatic heterocycles. The van der Waals surface area contributed by atoms with Crippen molar-refractivity contribution in [3.8, 4) is 17.2 Å². The van der Waals surface area contributed by atoms with Crippen molar-refractivity contribution in [3.05, 3.63) is 117 Å². The van der Waals surface area contributed by atoms with Crippen LogP contribution in [0.1, 0.15) is 64.9 Å². The normalized spacial score (nSPS) is 19.9. The highest BCUT2D eigenvalue weighted by molar-refractivity contribution is 6.35. The third kappa shape index (κ3) is 9.74. The number of rotatable bonds is 16. The number of hydrogen-bond donors (Lipinski definition) is 1. The lowest BCUT2D eigenvalue weighted by Gasteiger charge is -2.44. The quantitative estimate of drug-likeness (QED) is 0.0678. The average Bonchev–Trinajstić information content (AvgIpc) is 4.03. The van der Waals surface area contributed by atoms with E-state index in [1.54, 1.807) is 55.6 Å². The molecule has 3 atom stereocenters. The lowest BCUT2D eigenvalue weighted by molar-refractivity contribution is -0.605. The van der Waals surface area contributed by atoms with Crippen molar-refractivity contribution >= 4 is 40.8 Å². The number of methoxy groups -OCH3 is 1.